The van der Waals surface area contributed by atoms with E-state index < -0.39 is 5.97 Å². The maximum Gasteiger partial charge on any atom is 0.350 e. The van der Waals surface area contributed by atoms with Crippen molar-refractivity contribution in [3.05, 3.63) is 22.8 Å². The van der Waals surface area contributed by atoms with Gasteiger partial charge in [0, 0.05) is 24.4 Å². The molecule has 0 spiro atoms. The Labute approximate surface area is 128 Å². The molecule has 1 saturated heterocycles. The number of nitrogens with one attached hydrogen (secondary N) is 2. The van der Waals surface area contributed by atoms with Crippen molar-refractivity contribution in [3.8, 4) is 6.07 Å². The Morgan fingerprint density at radius 2 is 2.38 bits per heavy atom. The van der Waals surface area contributed by atoms with Crippen molar-refractivity contribution >= 4 is 22.4 Å². The molecule has 0 saturated carbocycles. The summed E-state index contributed by atoms with van der Waals surface area (Å²) >= 11 is 1.47. The lowest BCUT2D eigenvalue weighted by Crippen LogP contribution is -3.08. The van der Waals surface area contributed by atoms with E-state index in [0.717, 1.165) is 12.2 Å². The number of aromatic nitrogens is 1. The van der Waals surface area contributed by atoms with Crippen LogP contribution in [-0.4, -0.2) is 30.6 Å². The first kappa shape index (κ1) is 15.5. The number of anilines is 1. The summed E-state index contributed by atoms with van der Waals surface area (Å²) in [5.41, 5.74) is 0.987. The van der Waals surface area contributed by atoms with Gasteiger partial charge < -0.3 is 15.0 Å². The average molecular weight is 307 g/mol. The standard InChI is InChI=1S/C14H18N4O2S/c1-2-20-13(19)11(7-15)8-16-14-17-12(10-21-14)9-18-5-3-4-6-18/h8,10H,2-6,9H2,1H3,(H,16,17)/p+1/b11-8+. The lowest BCUT2D eigenvalue weighted by atomic mass is 10.3. The van der Waals surface area contributed by atoms with Gasteiger partial charge in [0.2, 0.25) is 0 Å². The summed E-state index contributed by atoms with van der Waals surface area (Å²) in [4.78, 5) is 17.5. The Balaban J connectivity index is 1.92. The Morgan fingerprint density at radius 1 is 1.62 bits per heavy atom. The highest BCUT2D eigenvalue weighted by Crippen LogP contribution is 2.15. The molecule has 0 atom stereocenters. The van der Waals surface area contributed by atoms with Crippen LogP contribution in [0.4, 0.5) is 5.13 Å². The van der Waals surface area contributed by atoms with E-state index in [1.54, 1.807) is 11.8 Å². The van der Waals surface area contributed by atoms with Crippen LogP contribution >= 0.6 is 11.3 Å². The molecule has 7 heteroatoms. The molecule has 1 aromatic heterocycles. The van der Waals surface area contributed by atoms with Gasteiger partial charge in [-0.2, -0.15) is 5.26 Å². The summed E-state index contributed by atoms with van der Waals surface area (Å²) in [5, 5.41) is 14.5. The number of rotatable bonds is 6. The van der Waals surface area contributed by atoms with Crippen LogP contribution < -0.4 is 10.2 Å². The van der Waals surface area contributed by atoms with Crippen LogP contribution in [0.1, 0.15) is 25.5 Å². The summed E-state index contributed by atoms with van der Waals surface area (Å²) < 4.78 is 4.79. The third-order valence-electron chi connectivity index (χ3n) is 3.25. The second-order valence-corrected chi connectivity index (χ2v) is 5.67. The summed E-state index contributed by atoms with van der Waals surface area (Å²) in [7, 11) is 0. The first-order valence-electron chi connectivity index (χ1n) is 7.04. The van der Waals surface area contributed by atoms with E-state index in [2.05, 4.69) is 10.3 Å². The van der Waals surface area contributed by atoms with E-state index in [-0.39, 0.29) is 12.2 Å². The molecule has 21 heavy (non-hydrogen) atoms. The Kier molecular flexibility index (Phi) is 5.72. The molecular weight excluding hydrogens is 288 g/mol. The maximum atomic E-state index is 11.5. The van der Waals surface area contributed by atoms with Crippen molar-refractivity contribution < 1.29 is 14.4 Å². The van der Waals surface area contributed by atoms with Gasteiger partial charge in [-0.15, -0.1) is 11.3 Å². The van der Waals surface area contributed by atoms with Crippen LogP contribution in [0.2, 0.25) is 0 Å². The highest BCUT2D eigenvalue weighted by molar-refractivity contribution is 7.13. The summed E-state index contributed by atoms with van der Waals surface area (Å²) in [6, 6.07) is 1.82. The molecule has 2 heterocycles. The van der Waals surface area contributed by atoms with Crippen molar-refractivity contribution in [1.82, 2.24) is 4.98 Å². The number of esters is 1. The van der Waals surface area contributed by atoms with Gasteiger partial charge in [-0.3, -0.25) is 0 Å². The van der Waals surface area contributed by atoms with Crippen molar-refractivity contribution in [3.63, 3.8) is 0 Å². The monoisotopic (exact) mass is 307 g/mol. The normalized spacial score (nSPS) is 15.7. The van der Waals surface area contributed by atoms with Crippen LogP contribution in [0.25, 0.3) is 0 Å². The van der Waals surface area contributed by atoms with Gasteiger partial charge in [0.15, 0.2) is 10.7 Å². The highest BCUT2D eigenvalue weighted by atomic mass is 32.1. The Morgan fingerprint density at radius 3 is 3.05 bits per heavy atom. The van der Waals surface area contributed by atoms with Gasteiger partial charge in [0.25, 0.3) is 0 Å². The number of carbonyl (C=O) groups excluding carboxylic acids is 1. The van der Waals surface area contributed by atoms with Crippen molar-refractivity contribution in [2.24, 2.45) is 0 Å². The van der Waals surface area contributed by atoms with Gasteiger partial charge in [0.05, 0.1) is 19.7 Å². The predicted molar refractivity (Wildman–Crippen MR) is 79.7 cm³/mol. The summed E-state index contributed by atoms with van der Waals surface area (Å²) in [5.74, 6) is -0.620. The quantitative estimate of drug-likeness (QED) is 0.459. The zero-order valence-electron chi connectivity index (χ0n) is 12.0. The first-order chi connectivity index (χ1) is 10.2. The molecule has 1 aromatic rings. The molecule has 0 amide bonds. The minimum atomic E-state index is -0.620. The molecule has 1 fully saturated rings. The first-order valence-corrected chi connectivity index (χ1v) is 7.92. The predicted octanol–water partition coefficient (Wildman–Crippen LogP) is 0.704. The summed E-state index contributed by atoms with van der Waals surface area (Å²) in [6.07, 6.45) is 3.93. The second kappa shape index (κ2) is 7.76. The van der Waals surface area contributed by atoms with E-state index in [1.807, 2.05) is 11.4 Å². The number of carbonyl (C=O) groups is 1. The topological polar surface area (TPSA) is 79.5 Å². The minimum Gasteiger partial charge on any atom is -0.462 e. The third-order valence-corrected chi connectivity index (χ3v) is 4.07. The smallest absolute Gasteiger partial charge is 0.350 e. The highest BCUT2D eigenvalue weighted by Gasteiger charge is 2.17. The number of hydrogen-bond donors (Lipinski definition) is 2. The van der Waals surface area contributed by atoms with Gasteiger partial charge in [-0.25, -0.2) is 9.78 Å². The molecule has 112 valence electrons. The molecule has 0 unspecified atom stereocenters. The van der Waals surface area contributed by atoms with Crippen LogP contribution in [0.3, 0.4) is 0 Å². The lowest BCUT2D eigenvalue weighted by molar-refractivity contribution is -0.901. The molecular formula is C14H19N4O2S+. The number of ether oxygens (including phenoxy) is 1. The number of likely N-dealkylation sites (tertiary alicyclic amines) is 1. The Bertz CT molecular complexity index is 556. The van der Waals surface area contributed by atoms with Crippen molar-refractivity contribution in [1.29, 1.82) is 5.26 Å². The Hall–Kier alpha value is -1.91. The summed E-state index contributed by atoms with van der Waals surface area (Å²) in [6.45, 7) is 5.31. The van der Waals surface area contributed by atoms with Crippen molar-refractivity contribution in [2.45, 2.75) is 26.3 Å². The molecule has 1 aliphatic rings. The molecule has 2 N–H and O–H groups in total. The SMILES string of the molecule is CCOC(=O)/C(C#N)=C/Nc1nc(C[NH+]2CCCC2)cs1. The number of nitriles is 1. The number of quaternary nitrogens is 1. The fourth-order valence-electron chi connectivity index (χ4n) is 2.24. The fourth-order valence-corrected chi connectivity index (χ4v) is 2.92. The molecule has 2 rings (SSSR count). The van der Waals surface area contributed by atoms with Crippen LogP contribution in [-0.2, 0) is 16.1 Å². The van der Waals surface area contributed by atoms with E-state index in [0.29, 0.717) is 5.13 Å². The lowest BCUT2D eigenvalue weighted by Gasteiger charge is -2.09. The molecule has 0 bridgehead atoms. The van der Waals surface area contributed by atoms with Crippen LogP contribution in [0.5, 0.6) is 0 Å². The average Bonchev–Trinajstić information content (AvgIpc) is 3.12. The van der Waals surface area contributed by atoms with Crippen LogP contribution in [0.15, 0.2) is 17.2 Å². The van der Waals surface area contributed by atoms with E-state index in [1.165, 1.54) is 43.5 Å². The number of nitrogens with zero attached hydrogens (tertiary/aromatic N) is 2. The van der Waals surface area contributed by atoms with Crippen molar-refractivity contribution in [2.75, 3.05) is 25.0 Å². The number of hydrogen-bond acceptors (Lipinski definition) is 6. The third kappa shape index (κ3) is 4.55. The second-order valence-electron chi connectivity index (χ2n) is 4.81. The fraction of sp³-hybridized carbons (Fsp3) is 0.500. The van der Waals surface area contributed by atoms with E-state index >= 15 is 0 Å². The maximum absolute atomic E-state index is 11.5. The molecule has 0 radical (unpaired) electrons. The van der Waals surface area contributed by atoms with Gasteiger partial charge in [-0.05, 0) is 6.92 Å². The van der Waals surface area contributed by atoms with Crippen LogP contribution in [0, 0.1) is 11.3 Å². The molecule has 1 aliphatic heterocycles. The zero-order chi connectivity index (χ0) is 15.1. The molecule has 0 aliphatic carbocycles. The van der Waals surface area contributed by atoms with Gasteiger partial charge >= 0.3 is 5.97 Å². The van der Waals surface area contributed by atoms with E-state index in [9.17, 15) is 4.79 Å². The molecule has 6 nitrogen and oxygen atoms in total. The zero-order valence-corrected chi connectivity index (χ0v) is 12.8. The van der Waals surface area contributed by atoms with Gasteiger partial charge in [-0.1, -0.05) is 0 Å². The van der Waals surface area contributed by atoms with Gasteiger partial charge in [0.1, 0.15) is 18.3 Å². The minimum absolute atomic E-state index is 0.0567. The van der Waals surface area contributed by atoms with E-state index in [4.69, 9.17) is 10.00 Å². The largest absolute Gasteiger partial charge is 0.462 e. The number of thiazole rings is 1. The molecule has 0 aromatic carbocycles.